The Morgan fingerprint density at radius 1 is 1.30 bits per heavy atom. The van der Waals surface area contributed by atoms with Crippen LogP contribution in [0.5, 0.6) is 0 Å². The van der Waals surface area contributed by atoms with Crippen molar-refractivity contribution >= 4 is 22.8 Å². The molecule has 2 rings (SSSR count). The molecule has 1 aromatic carbocycles. The lowest BCUT2D eigenvalue weighted by Crippen LogP contribution is -2.50. The zero-order chi connectivity index (χ0) is 14.9. The molecule has 2 N–H and O–H groups in total. The Labute approximate surface area is 117 Å². The summed E-state index contributed by atoms with van der Waals surface area (Å²) in [6.45, 7) is 4.97. The number of aryl methyl sites for hydroxylation is 1. The van der Waals surface area contributed by atoms with E-state index in [9.17, 15) is 9.59 Å². The second-order valence-electron chi connectivity index (χ2n) is 5.41. The van der Waals surface area contributed by atoms with E-state index in [0.717, 1.165) is 16.6 Å². The van der Waals surface area contributed by atoms with Gasteiger partial charge in [0.15, 0.2) is 0 Å². The highest BCUT2D eigenvalue weighted by Crippen LogP contribution is 2.19. The molecule has 0 fully saturated rings. The van der Waals surface area contributed by atoms with E-state index in [1.54, 1.807) is 0 Å². The number of para-hydroxylation sites is 1. The fraction of sp³-hybridized carbons (Fsp3) is 0.333. The Hall–Kier alpha value is -2.30. The molecule has 1 heterocycles. The van der Waals surface area contributed by atoms with E-state index in [1.165, 1.54) is 13.8 Å². The second-order valence-corrected chi connectivity index (χ2v) is 5.41. The summed E-state index contributed by atoms with van der Waals surface area (Å²) in [5.41, 5.74) is 0.663. The van der Waals surface area contributed by atoms with Crippen molar-refractivity contribution in [2.24, 2.45) is 0 Å². The van der Waals surface area contributed by atoms with Gasteiger partial charge in [-0.15, -0.1) is 0 Å². The van der Waals surface area contributed by atoms with Crippen molar-refractivity contribution in [2.75, 3.05) is 0 Å². The van der Waals surface area contributed by atoms with E-state index < -0.39 is 11.5 Å². The first kappa shape index (κ1) is 14.1. The summed E-state index contributed by atoms with van der Waals surface area (Å²) in [4.78, 5) is 23.0. The largest absolute Gasteiger partial charge is 0.480 e. The topological polar surface area (TPSA) is 71.3 Å². The normalized spacial score (nSPS) is 11.6. The van der Waals surface area contributed by atoms with Crippen LogP contribution >= 0.6 is 0 Å². The van der Waals surface area contributed by atoms with Crippen LogP contribution in [-0.2, 0) is 16.1 Å². The predicted molar refractivity (Wildman–Crippen MR) is 76.5 cm³/mol. The molecular formula is C15H18N2O3. The van der Waals surface area contributed by atoms with Crippen molar-refractivity contribution in [1.82, 2.24) is 9.88 Å². The molecule has 0 spiro atoms. The van der Waals surface area contributed by atoms with Gasteiger partial charge < -0.3 is 15.0 Å². The third-order valence-corrected chi connectivity index (χ3v) is 3.31. The summed E-state index contributed by atoms with van der Waals surface area (Å²) in [6, 6.07) is 9.79. The summed E-state index contributed by atoms with van der Waals surface area (Å²) < 4.78 is 1.88. The number of carboxylic acid groups (broad SMARTS) is 1. The molecule has 2 aromatic rings. The Morgan fingerprint density at radius 3 is 2.60 bits per heavy atom. The highest BCUT2D eigenvalue weighted by molar-refractivity contribution is 5.88. The summed E-state index contributed by atoms with van der Waals surface area (Å²) in [7, 11) is 0. The molecular weight excluding hydrogens is 256 g/mol. The average molecular weight is 274 g/mol. The fourth-order valence-corrected chi connectivity index (χ4v) is 2.14. The molecule has 0 unspecified atom stereocenters. The molecule has 0 saturated heterocycles. The molecule has 0 aliphatic carbocycles. The molecule has 0 atom stereocenters. The van der Waals surface area contributed by atoms with E-state index in [2.05, 4.69) is 5.32 Å². The van der Waals surface area contributed by atoms with E-state index in [1.807, 2.05) is 41.8 Å². The maximum absolute atomic E-state index is 12.0. The van der Waals surface area contributed by atoms with E-state index in [4.69, 9.17) is 5.11 Å². The smallest absolute Gasteiger partial charge is 0.328 e. The van der Waals surface area contributed by atoms with Crippen LogP contribution in [0.2, 0.25) is 0 Å². The lowest BCUT2D eigenvalue weighted by Gasteiger charge is -2.21. The minimum Gasteiger partial charge on any atom is -0.480 e. The third-order valence-electron chi connectivity index (χ3n) is 3.31. The van der Waals surface area contributed by atoms with Crippen LogP contribution < -0.4 is 5.32 Å². The number of aromatic nitrogens is 1. The number of hydrogen-bond donors (Lipinski definition) is 2. The Balaban J connectivity index is 2.22. The van der Waals surface area contributed by atoms with Crippen LogP contribution in [0.4, 0.5) is 0 Å². The van der Waals surface area contributed by atoms with Crippen LogP contribution in [0, 0.1) is 6.92 Å². The number of nitrogens with one attached hydrogen (secondary N) is 1. The lowest BCUT2D eigenvalue weighted by molar-refractivity contribution is -0.146. The molecule has 5 nitrogen and oxygen atoms in total. The second kappa shape index (κ2) is 5.00. The molecule has 0 aliphatic heterocycles. The fourth-order valence-electron chi connectivity index (χ4n) is 2.14. The number of amides is 1. The summed E-state index contributed by atoms with van der Waals surface area (Å²) in [6.07, 6.45) is 0. The van der Waals surface area contributed by atoms with Crippen molar-refractivity contribution < 1.29 is 14.7 Å². The Morgan fingerprint density at radius 2 is 1.95 bits per heavy atom. The number of carbonyl (C=O) groups is 2. The van der Waals surface area contributed by atoms with Crippen molar-refractivity contribution in [2.45, 2.75) is 32.9 Å². The summed E-state index contributed by atoms with van der Waals surface area (Å²) in [5.74, 6) is -1.37. The highest BCUT2D eigenvalue weighted by atomic mass is 16.4. The van der Waals surface area contributed by atoms with Gasteiger partial charge in [-0.1, -0.05) is 18.2 Å². The Bertz CT molecular complexity index is 671. The minimum absolute atomic E-state index is 0.107. The predicted octanol–water partition coefficient (Wildman–Crippen LogP) is 1.93. The monoisotopic (exact) mass is 274 g/mol. The van der Waals surface area contributed by atoms with Crippen molar-refractivity contribution in [3.05, 3.63) is 36.0 Å². The van der Waals surface area contributed by atoms with Crippen LogP contribution in [0.15, 0.2) is 30.3 Å². The van der Waals surface area contributed by atoms with Gasteiger partial charge in [-0.05, 0) is 38.3 Å². The molecule has 20 heavy (non-hydrogen) atoms. The maximum Gasteiger partial charge on any atom is 0.328 e. The molecule has 1 aromatic heterocycles. The van der Waals surface area contributed by atoms with Crippen molar-refractivity contribution in [3.8, 4) is 0 Å². The first-order chi connectivity index (χ1) is 9.31. The number of benzene rings is 1. The number of carbonyl (C=O) groups excluding carboxylic acids is 1. The molecule has 0 aliphatic rings. The number of aliphatic carboxylic acids is 1. The summed E-state index contributed by atoms with van der Waals surface area (Å²) >= 11 is 0. The number of hydrogen-bond acceptors (Lipinski definition) is 2. The van der Waals surface area contributed by atoms with Gasteiger partial charge in [0, 0.05) is 11.2 Å². The van der Waals surface area contributed by atoms with E-state index in [0.29, 0.717) is 0 Å². The van der Waals surface area contributed by atoms with Gasteiger partial charge in [0.25, 0.3) is 0 Å². The standard InChI is InChI=1S/C15H18N2O3/c1-10-8-11-6-4-5-7-12(11)17(10)9-13(18)16-15(2,3)14(19)20/h4-8H,9H2,1-3H3,(H,16,18)(H,19,20). The zero-order valence-electron chi connectivity index (χ0n) is 11.8. The maximum atomic E-state index is 12.0. The molecule has 0 bridgehead atoms. The highest BCUT2D eigenvalue weighted by Gasteiger charge is 2.29. The van der Waals surface area contributed by atoms with Crippen LogP contribution in [0.25, 0.3) is 10.9 Å². The minimum atomic E-state index is -1.27. The average Bonchev–Trinajstić information content (AvgIpc) is 2.65. The van der Waals surface area contributed by atoms with Gasteiger partial charge in [0.1, 0.15) is 12.1 Å². The van der Waals surface area contributed by atoms with Gasteiger partial charge in [0.2, 0.25) is 5.91 Å². The van der Waals surface area contributed by atoms with Crippen molar-refractivity contribution in [3.63, 3.8) is 0 Å². The lowest BCUT2D eigenvalue weighted by atomic mass is 10.1. The molecule has 0 saturated carbocycles. The van der Waals surface area contributed by atoms with Crippen molar-refractivity contribution in [1.29, 1.82) is 0 Å². The number of carboxylic acids is 1. The molecule has 106 valence electrons. The van der Waals surface area contributed by atoms with E-state index >= 15 is 0 Å². The van der Waals surface area contributed by atoms with E-state index in [-0.39, 0.29) is 12.5 Å². The van der Waals surface area contributed by atoms with Gasteiger partial charge >= 0.3 is 5.97 Å². The number of fused-ring (bicyclic) bond motifs is 1. The van der Waals surface area contributed by atoms with Crippen LogP contribution in [-0.4, -0.2) is 27.1 Å². The SMILES string of the molecule is Cc1cc2ccccc2n1CC(=O)NC(C)(C)C(=O)O. The zero-order valence-corrected chi connectivity index (χ0v) is 11.8. The van der Waals surface area contributed by atoms with Gasteiger partial charge in [-0.2, -0.15) is 0 Å². The van der Waals surface area contributed by atoms with Gasteiger partial charge in [0.05, 0.1) is 0 Å². The van der Waals surface area contributed by atoms with Gasteiger partial charge in [-0.3, -0.25) is 4.79 Å². The Kier molecular flexibility index (Phi) is 3.53. The first-order valence-corrected chi connectivity index (χ1v) is 6.40. The van der Waals surface area contributed by atoms with Gasteiger partial charge in [-0.25, -0.2) is 4.79 Å². The summed E-state index contributed by atoms with van der Waals surface area (Å²) in [5, 5.41) is 12.6. The third kappa shape index (κ3) is 2.66. The van der Waals surface area contributed by atoms with Crippen LogP contribution in [0.3, 0.4) is 0 Å². The molecule has 1 amide bonds. The molecule has 5 heteroatoms. The number of nitrogens with zero attached hydrogens (tertiary/aromatic N) is 1. The first-order valence-electron chi connectivity index (χ1n) is 6.40. The number of rotatable bonds is 4. The van der Waals surface area contributed by atoms with Crippen LogP contribution in [0.1, 0.15) is 19.5 Å². The molecule has 0 radical (unpaired) electrons. The quantitative estimate of drug-likeness (QED) is 0.895.